The molecule has 0 aliphatic heterocycles. The van der Waals surface area contributed by atoms with Crippen molar-refractivity contribution < 1.29 is 0 Å². The van der Waals surface area contributed by atoms with E-state index in [0.29, 0.717) is 12.2 Å². The van der Waals surface area contributed by atoms with Gasteiger partial charge in [-0.2, -0.15) is 5.26 Å². The molecule has 0 spiro atoms. The zero-order valence-electron chi connectivity index (χ0n) is 8.74. The molecule has 0 aliphatic rings. The minimum Gasteiger partial charge on any atom is -0.331 e. The van der Waals surface area contributed by atoms with Crippen LogP contribution >= 0.6 is 0 Å². The number of nitrogens with zero attached hydrogens (tertiary/aromatic N) is 3. The van der Waals surface area contributed by atoms with Crippen LogP contribution in [-0.4, -0.2) is 16.1 Å². The predicted molar refractivity (Wildman–Crippen MR) is 60.6 cm³/mol. The van der Waals surface area contributed by atoms with Gasteiger partial charge in [0, 0.05) is 25.1 Å². The average Bonchev–Trinajstić information content (AvgIpc) is 2.80. The van der Waals surface area contributed by atoms with Crippen LogP contribution in [0.2, 0.25) is 0 Å². The van der Waals surface area contributed by atoms with Crippen molar-refractivity contribution in [2.45, 2.75) is 6.04 Å². The molecule has 0 aliphatic carbocycles. The molecule has 0 saturated carbocycles. The molecule has 0 bridgehead atoms. The molecule has 2 aromatic heterocycles. The second-order valence-corrected chi connectivity index (χ2v) is 3.45. The average molecular weight is 212 g/mol. The van der Waals surface area contributed by atoms with Crippen LogP contribution in [0.5, 0.6) is 0 Å². The number of hydrogen-bond donors (Lipinski definition) is 1. The second kappa shape index (κ2) is 4.60. The monoisotopic (exact) mass is 212 g/mol. The number of rotatable bonds is 3. The maximum atomic E-state index is 8.97. The number of pyridine rings is 1. The third-order valence-electron chi connectivity index (χ3n) is 2.52. The van der Waals surface area contributed by atoms with Gasteiger partial charge in [0.1, 0.15) is 11.8 Å². The van der Waals surface area contributed by atoms with E-state index in [9.17, 15) is 0 Å². The van der Waals surface area contributed by atoms with Crippen molar-refractivity contribution in [2.75, 3.05) is 6.54 Å². The Kier molecular flexibility index (Phi) is 2.99. The number of hydrogen-bond acceptors (Lipinski definition) is 3. The lowest BCUT2D eigenvalue weighted by Crippen LogP contribution is -2.20. The number of aromatic nitrogens is 2. The highest BCUT2D eigenvalue weighted by Gasteiger charge is 2.13. The van der Waals surface area contributed by atoms with Crippen molar-refractivity contribution in [3.63, 3.8) is 0 Å². The van der Waals surface area contributed by atoms with Crippen molar-refractivity contribution in [1.82, 2.24) is 9.55 Å². The van der Waals surface area contributed by atoms with Crippen LogP contribution in [0, 0.1) is 11.3 Å². The first-order valence-electron chi connectivity index (χ1n) is 5.03. The van der Waals surface area contributed by atoms with E-state index >= 15 is 0 Å². The summed E-state index contributed by atoms with van der Waals surface area (Å²) in [4.78, 5) is 4.07. The van der Waals surface area contributed by atoms with E-state index in [1.165, 1.54) is 0 Å². The molecule has 0 saturated heterocycles. The molecular weight excluding hydrogens is 200 g/mol. The third kappa shape index (κ3) is 1.81. The van der Waals surface area contributed by atoms with Gasteiger partial charge in [-0.15, -0.1) is 0 Å². The Balaban J connectivity index is 2.42. The molecule has 0 radical (unpaired) electrons. The summed E-state index contributed by atoms with van der Waals surface area (Å²) in [7, 11) is 0. The smallest absolute Gasteiger partial charge is 0.120 e. The Morgan fingerprint density at radius 2 is 2.31 bits per heavy atom. The molecular formula is C12H12N4. The summed E-state index contributed by atoms with van der Waals surface area (Å²) < 4.78 is 1.87. The highest BCUT2D eigenvalue weighted by Crippen LogP contribution is 2.18. The molecule has 16 heavy (non-hydrogen) atoms. The minimum absolute atomic E-state index is 0.0293. The van der Waals surface area contributed by atoms with Gasteiger partial charge in [-0.3, -0.25) is 4.98 Å². The fraction of sp³-hybridized carbons (Fsp3) is 0.167. The van der Waals surface area contributed by atoms with Gasteiger partial charge < -0.3 is 10.3 Å². The Hall–Kier alpha value is -2.12. The molecule has 0 amide bonds. The van der Waals surface area contributed by atoms with E-state index in [4.69, 9.17) is 11.0 Å². The van der Waals surface area contributed by atoms with Gasteiger partial charge in [-0.25, -0.2) is 0 Å². The van der Waals surface area contributed by atoms with Crippen LogP contribution in [0.4, 0.5) is 0 Å². The van der Waals surface area contributed by atoms with Gasteiger partial charge in [-0.1, -0.05) is 6.07 Å². The fourth-order valence-corrected chi connectivity index (χ4v) is 1.74. The SMILES string of the molecule is N#Cc1cccn1C(CN)c1cccnc1. The van der Waals surface area contributed by atoms with Gasteiger partial charge >= 0.3 is 0 Å². The van der Waals surface area contributed by atoms with E-state index in [0.717, 1.165) is 5.56 Å². The maximum absolute atomic E-state index is 8.97. The third-order valence-corrected chi connectivity index (χ3v) is 2.52. The zero-order valence-corrected chi connectivity index (χ0v) is 8.74. The lowest BCUT2D eigenvalue weighted by molar-refractivity contribution is 0.590. The van der Waals surface area contributed by atoms with Crippen LogP contribution in [0.15, 0.2) is 42.9 Å². The number of nitriles is 1. The summed E-state index contributed by atoms with van der Waals surface area (Å²) >= 11 is 0. The lowest BCUT2D eigenvalue weighted by atomic mass is 10.1. The van der Waals surface area contributed by atoms with E-state index in [2.05, 4.69) is 11.1 Å². The van der Waals surface area contributed by atoms with E-state index in [1.807, 2.05) is 29.0 Å². The highest BCUT2D eigenvalue weighted by atomic mass is 15.0. The molecule has 2 rings (SSSR count). The topological polar surface area (TPSA) is 67.6 Å². The first-order valence-corrected chi connectivity index (χ1v) is 5.03. The lowest BCUT2D eigenvalue weighted by Gasteiger charge is -2.17. The van der Waals surface area contributed by atoms with Crippen molar-refractivity contribution >= 4 is 0 Å². The standard InChI is InChI=1S/C12H12N4/c13-7-11-4-2-6-16(11)12(8-14)10-3-1-5-15-9-10/h1-6,9,12H,8,14H2. The summed E-state index contributed by atoms with van der Waals surface area (Å²) in [6, 6.07) is 9.57. The summed E-state index contributed by atoms with van der Waals surface area (Å²) in [5.41, 5.74) is 7.38. The first kappa shape index (κ1) is 10.4. The Morgan fingerprint density at radius 3 is 2.94 bits per heavy atom. The summed E-state index contributed by atoms with van der Waals surface area (Å²) in [5, 5.41) is 8.97. The largest absolute Gasteiger partial charge is 0.331 e. The molecule has 4 heteroatoms. The molecule has 1 atom stereocenters. The minimum atomic E-state index is -0.0293. The quantitative estimate of drug-likeness (QED) is 0.833. The van der Waals surface area contributed by atoms with E-state index in [-0.39, 0.29) is 6.04 Å². The van der Waals surface area contributed by atoms with Gasteiger partial charge in [-0.05, 0) is 23.8 Å². The van der Waals surface area contributed by atoms with Gasteiger partial charge in [0.05, 0.1) is 6.04 Å². The van der Waals surface area contributed by atoms with Crippen molar-refractivity contribution in [1.29, 1.82) is 5.26 Å². The van der Waals surface area contributed by atoms with Gasteiger partial charge in [0.15, 0.2) is 0 Å². The Morgan fingerprint density at radius 1 is 1.44 bits per heavy atom. The molecule has 2 aromatic rings. The first-order chi connectivity index (χ1) is 7.86. The fourth-order valence-electron chi connectivity index (χ4n) is 1.74. The predicted octanol–water partition coefficient (Wildman–Crippen LogP) is 1.30. The summed E-state index contributed by atoms with van der Waals surface area (Å²) in [6.45, 7) is 0.440. The van der Waals surface area contributed by atoms with Crippen LogP contribution in [0.1, 0.15) is 17.3 Å². The van der Waals surface area contributed by atoms with Crippen molar-refractivity contribution in [3.8, 4) is 6.07 Å². The van der Waals surface area contributed by atoms with Crippen LogP contribution in [0.25, 0.3) is 0 Å². The Labute approximate surface area is 94.0 Å². The molecule has 0 aromatic carbocycles. The van der Waals surface area contributed by atoms with Gasteiger partial charge in [0.2, 0.25) is 0 Å². The van der Waals surface area contributed by atoms with Crippen LogP contribution < -0.4 is 5.73 Å². The second-order valence-electron chi connectivity index (χ2n) is 3.45. The van der Waals surface area contributed by atoms with Crippen molar-refractivity contribution in [3.05, 3.63) is 54.1 Å². The molecule has 2 N–H and O–H groups in total. The van der Waals surface area contributed by atoms with Crippen molar-refractivity contribution in [2.24, 2.45) is 5.73 Å². The summed E-state index contributed by atoms with van der Waals surface area (Å²) in [6.07, 6.45) is 5.36. The zero-order chi connectivity index (χ0) is 11.4. The molecule has 2 heterocycles. The Bertz CT molecular complexity index is 495. The normalized spacial score (nSPS) is 12.0. The molecule has 1 unspecified atom stereocenters. The molecule has 4 nitrogen and oxygen atoms in total. The molecule has 80 valence electrons. The van der Waals surface area contributed by atoms with E-state index < -0.39 is 0 Å². The number of nitrogens with two attached hydrogens (primary N) is 1. The maximum Gasteiger partial charge on any atom is 0.120 e. The highest BCUT2D eigenvalue weighted by molar-refractivity contribution is 5.26. The van der Waals surface area contributed by atoms with E-state index in [1.54, 1.807) is 18.5 Å². The van der Waals surface area contributed by atoms with Crippen LogP contribution in [0.3, 0.4) is 0 Å². The molecule has 0 fully saturated rings. The summed E-state index contributed by atoms with van der Waals surface area (Å²) in [5.74, 6) is 0. The van der Waals surface area contributed by atoms with Gasteiger partial charge in [0.25, 0.3) is 0 Å². The van der Waals surface area contributed by atoms with Crippen LogP contribution in [-0.2, 0) is 0 Å².